The van der Waals surface area contributed by atoms with Gasteiger partial charge in [-0.05, 0) is 37.6 Å². The largest absolute Gasteiger partial charge is 0.371 e. The molecule has 0 unspecified atom stereocenters. The Kier molecular flexibility index (Phi) is 6.12. The van der Waals surface area contributed by atoms with Crippen molar-refractivity contribution in [2.75, 3.05) is 31.1 Å². The second kappa shape index (κ2) is 8.39. The molecule has 0 fully saturated rings. The molecule has 2 aromatic carbocycles. The molecule has 0 radical (unpaired) electrons. The Morgan fingerprint density at radius 1 is 0.850 bits per heavy atom. The first kappa shape index (κ1) is 14.6. The molecule has 2 rings (SSSR count). The van der Waals surface area contributed by atoms with Crippen LogP contribution < -0.4 is 10.2 Å². The van der Waals surface area contributed by atoms with Gasteiger partial charge in [0, 0.05) is 25.3 Å². The van der Waals surface area contributed by atoms with Crippen LogP contribution in [0.25, 0.3) is 0 Å². The van der Waals surface area contributed by atoms with Gasteiger partial charge >= 0.3 is 0 Å². The highest BCUT2D eigenvalue weighted by molar-refractivity contribution is 5.45. The Morgan fingerprint density at radius 3 is 2.15 bits per heavy atom. The van der Waals surface area contributed by atoms with Crippen molar-refractivity contribution in [3.63, 3.8) is 0 Å². The lowest BCUT2D eigenvalue weighted by Gasteiger charge is -2.23. The normalized spacial score (nSPS) is 10.4. The van der Waals surface area contributed by atoms with Crippen molar-refractivity contribution in [1.82, 2.24) is 5.32 Å². The maximum Gasteiger partial charge on any atom is 0.0366 e. The summed E-state index contributed by atoms with van der Waals surface area (Å²) in [6.45, 7) is 6.36. The fraction of sp³-hybridized carbons (Fsp3) is 0.333. The van der Waals surface area contributed by atoms with Crippen LogP contribution in [0.3, 0.4) is 0 Å². The number of hydrogen-bond donors (Lipinski definition) is 1. The lowest BCUT2D eigenvalue weighted by atomic mass is 10.1. The number of benzene rings is 2. The maximum absolute atomic E-state index is 3.53. The van der Waals surface area contributed by atoms with Gasteiger partial charge < -0.3 is 10.2 Å². The zero-order valence-corrected chi connectivity index (χ0v) is 12.3. The molecule has 0 bridgehead atoms. The Bertz CT molecular complexity index is 467. The zero-order chi connectivity index (χ0) is 14.0. The molecule has 0 aliphatic carbocycles. The predicted molar refractivity (Wildman–Crippen MR) is 87.3 cm³/mol. The maximum atomic E-state index is 3.53. The van der Waals surface area contributed by atoms with E-state index in [0.717, 1.165) is 32.6 Å². The minimum absolute atomic E-state index is 1.02. The van der Waals surface area contributed by atoms with Gasteiger partial charge in [-0.15, -0.1) is 0 Å². The summed E-state index contributed by atoms with van der Waals surface area (Å²) in [5.74, 6) is 0. The third-order valence-corrected chi connectivity index (χ3v) is 3.49. The van der Waals surface area contributed by atoms with Crippen molar-refractivity contribution in [3.05, 3.63) is 66.2 Å². The van der Waals surface area contributed by atoms with E-state index in [2.05, 4.69) is 77.8 Å². The van der Waals surface area contributed by atoms with Gasteiger partial charge in [-0.25, -0.2) is 0 Å². The summed E-state index contributed by atoms with van der Waals surface area (Å²) in [4.78, 5) is 2.40. The van der Waals surface area contributed by atoms with Gasteiger partial charge in [0.15, 0.2) is 0 Å². The van der Waals surface area contributed by atoms with Crippen molar-refractivity contribution in [3.8, 4) is 0 Å². The van der Waals surface area contributed by atoms with Crippen LogP contribution in [0.5, 0.6) is 0 Å². The minimum atomic E-state index is 1.02. The van der Waals surface area contributed by atoms with Crippen molar-refractivity contribution < 1.29 is 0 Å². The summed E-state index contributed by atoms with van der Waals surface area (Å²) in [6, 6.07) is 21.2. The van der Waals surface area contributed by atoms with Crippen LogP contribution >= 0.6 is 0 Å². The van der Waals surface area contributed by atoms with Crippen LogP contribution in [0.2, 0.25) is 0 Å². The highest BCUT2D eigenvalue weighted by Crippen LogP contribution is 2.11. The molecule has 0 amide bonds. The van der Waals surface area contributed by atoms with Crippen molar-refractivity contribution >= 4 is 5.69 Å². The first-order valence-corrected chi connectivity index (χ1v) is 7.45. The molecule has 0 atom stereocenters. The summed E-state index contributed by atoms with van der Waals surface area (Å²) in [7, 11) is 0. The Balaban J connectivity index is 1.67. The van der Waals surface area contributed by atoms with E-state index in [1.54, 1.807) is 0 Å². The van der Waals surface area contributed by atoms with Crippen LogP contribution in [-0.2, 0) is 6.42 Å². The van der Waals surface area contributed by atoms with Gasteiger partial charge in [0.25, 0.3) is 0 Å². The van der Waals surface area contributed by atoms with Gasteiger partial charge in [0.2, 0.25) is 0 Å². The van der Waals surface area contributed by atoms with Crippen molar-refractivity contribution in [2.45, 2.75) is 13.3 Å². The van der Waals surface area contributed by atoms with Gasteiger partial charge in [-0.3, -0.25) is 0 Å². The lowest BCUT2D eigenvalue weighted by molar-refractivity contribution is 0.663. The molecule has 0 saturated carbocycles. The molecule has 2 nitrogen and oxygen atoms in total. The van der Waals surface area contributed by atoms with Crippen molar-refractivity contribution in [2.24, 2.45) is 0 Å². The molecule has 0 aromatic heterocycles. The molecule has 0 spiro atoms. The summed E-state index contributed by atoms with van der Waals surface area (Å²) in [5, 5.41) is 3.53. The van der Waals surface area contributed by atoms with E-state index >= 15 is 0 Å². The molecule has 2 aromatic rings. The molecular weight excluding hydrogens is 244 g/mol. The highest BCUT2D eigenvalue weighted by Gasteiger charge is 2.02. The second-order valence-electron chi connectivity index (χ2n) is 4.90. The van der Waals surface area contributed by atoms with E-state index in [-0.39, 0.29) is 0 Å². The average Bonchev–Trinajstić information content (AvgIpc) is 2.53. The summed E-state index contributed by atoms with van der Waals surface area (Å²) < 4.78 is 0. The molecule has 0 heterocycles. The minimum Gasteiger partial charge on any atom is -0.371 e. The summed E-state index contributed by atoms with van der Waals surface area (Å²) in [6.07, 6.45) is 1.10. The number of likely N-dealkylation sites (N-methyl/N-ethyl adjacent to an activating group) is 1. The van der Waals surface area contributed by atoms with Gasteiger partial charge in [-0.1, -0.05) is 48.5 Å². The topological polar surface area (TPSA) is 15.3 Å². The van der Waals surface area contributed by atoms with E-state index in [0.29, 0.717) is 0 Å². The molecule has 0 aliphatic rings. The lowest BCUT2D eigenvalue weighted by Crippen LogP contribution is -2.32. The van der Waals surface area contributed by atoms with Crippen LogP contribution in [0.15, 0.2) is 60.7 Å². The van der Waals surface area contributed by atoms with Gasteiger partial charge in [0.05, 0.1) is 0 Å². The smallest absolute Gasteiger partial charge is 0.0366 e. The standard InChI is InChI=1S/C18H24N2/c1-2-20(18-11-7-4-8-12-18)16-15-19-14-13-17-9-5-3-6-10-17/h3-12,19H,2,13-16H2,1H3. The fourth-order valence-corrected chi connectivity index (χ4v) is 2.33. The molecule has 1 N–H and O–H groups in total. The second-order valence-corrected chi connectivity index (χ2v) is 4.90. The van der Waals surface area contributed by atoms with Crippen LogP contribution in [0.1, 0.15) is 12.5 Å². The van der Waals surface area contributed by atoms with Crippen LogP contribution in [-0.4, -0.2) is 26.2 Å². The SMILES string of the molecule is CCN(CCNCCc1ccccc1)c1ccccc1. The van der Waals surface area contributed by atoms with Gasteiger partial charge in [-0.2, -0.15) is 0 Å². The van der Waals surface area contributed by atoms with E-state index in [1.807, 2.05) is 0 Å². The first-order chi connectivity index (χ1) is 9.90. The average molecular weight is 268 g/mol. The number of hydrogen-bond acceptors (Lipinski definition) is 2. The number of anilines is 1. The van der Waals surface area contributed by atoms with E-state index in [4.69, 9.17) is 0 Å². The molecule has 2 heteroatoms. The summed E-state index contributed by atoms with van der Waals surface area (Å²) in [5.41, 5.74) is 2.70. The van der Waals surface area contributed by atoms with Crippen molar-refractivity contribution in [1.29, 1.82) is 0 Å². The molecule has 0 saturated heterocycles. The zero-order valence-electron chi connectivity index (χ0n) is 12.3. The first-order valence-electron chi connectivity index (χ1n) is 7.45. The highest BCUT2D eigenvalue weighted by atomic mass is 15.1. The molecule has 20 heavy (non-hydrogen) atoms. The number of rotatable bonds is 8. The van der Waals surface area contributed by atoms with Crippen LogP contribution in [0.4, 0.5) is 5.69 Å². The Hall–Kier alpha value is -1.80. The Labute approximate surface area is 122 Å². The number of nitrogens with one attached hydrogen (secondary N) is 1. The Morgan fingerprint density at radius 2 is 1.50 bits per heavy atom. The fourth-order valence-electron chi connectivity index (χ4n) is 2.33. The number of nitrogens with zero attached hydrogens (tertiary/aromatic N) is 1. The molecule has 0 aliphatic heterocycles. The van der Waals surface area contributed by atoms with E-state index < -0.39 is 0 Å². The third kappa shape index (κ3) is 4.71. The monoisotopic (exact) mass is 268 g/mol. The number of para-hydroxylation sites is 1. The van der Waals surface area contributed by atoms with E-state index in [9.17, 15) is 0 Å². The summed E-state index contributed by atoms with van der Waals surface area (Å²) >= 11 is 0. The quantitative estimate of drug-likeness (QED) is 0.739. The third-order valence-electron chi connectivity index (χ3n) is 3.49. The van der Waals surface area contributed by atoms with Crippen LogP contribution in [0, 0.1) is 0 Å². The van der Waals surface area contributed by atoms with Gasteiger partial charge in [0.1, 0.15) is 0 Å². The molecular formula is C18H24N2. The molecule has 106 valence electrons. The predicted octanol–water partition coefficient (Wildman–Crippen LogP) is 3.35. The van der Waals surface area contributed by atoms with E-state index in [1.165, 1.54) is 11.3 Å².